The minimum Gasteiger partial charge on any atom is -0.294 e. The average Bonchev–Trinajstić information content (AvgIpc) is 1.92. The van der Waals surface area contributed by atoms with E-state index in [1.807, 2.05) is 0 Å². The summed E-state index contributed by atoms with van der Waals surface area (Å²) in [4.78, 5) is 11.1. The van der Waals surface area contributed by atoms with Crippen LogP contribution in [0.4, 0.5) is 26.3 Å². The fraction of sp³-hybridized carbons (Fsp3) is 0.667. The third kappa shape index (κ3) is 4.24. The zero-order chi connectivity index (χ0) is 13.4. The molecule has 7 heteroatoms. The Labute approximate surface area is 88.1 Å². The van der Waals surface area contributed by atoms with Gasteiger partial charge < -0.3 is 0 Å². The van der Waals surface area contributed by atoms with E-state index < -0.39 is 29.1 Å². The molecule has 1 nitrogen and oxygen atoms in total. The molecule has 0 aliphatic carbocycles. The Bertz CT molecular complexity index is 285. The summed E-state index contributed by atoms with van der Waals surface area (Å²) in [6.45, 7) is 3.70. The van der Waals surface area contributed by atoms with E-state index in [4.69, 9.17) is 0 Å². The van der Waals surface area contributed by atoms with Crippen molar-refractivity contribution in [3.8, 4) is 0 Å². The van der Waals surface area contributed by atoms with Gasteiger partial charge in [-0.2, -0.15) is 26.3 Å². The first-order chi connectivity index (χ1) is 6.76. The minimum atomic E-state index is -5.58. The summed E-state index contributed by atoms with van der Waals surface area (Å²) in [6.07, 6.45) is -11.6. The first-order valence-corrected chi connectivity index (χ1v) is 4.17. The number of allylic oxidation sites excluding steroid dienone is 2. The summed E-state index contributed by atoms with van der Waals surface area (Å²) in [5.74, 6) is -1.22. The van der Waals surface area contributed by atoms with Gasteiger partial charge in [-0.3, -0.25) is 4.79 Å². The smallest absolute Gasteiger partial charge is 0.294 e. The van der Waals surface area contributed by atoms with Gasteiger partial charge in [-0.15, -0.1) is 0 Å². The molecule has 0 saturated carbocycles. The van der Waals surface area contributed by atoms with Crippen molar-refractivity contribution in [1.29, 1.82) is 0 Å². The van der Waals surface area contributed by atoms with Gasteiger partial charge in [-0.25, -0.2) is 0 Å². The molecule has 0 radical (unpaired) electrons. The first-order valence-electron chi connectivity index (χ1n) is 4.17. The van der Waals surface area contributed by atoms with Crippen LogP contribution in [0.15, 0.2) is 11.6 Å². The number of carbonyl (C=O) groups is 1. The summed E-state index contributed by atoms with van der Waals surface area (Å²) in [5.41, 5.74) is -4.07. The Morgan fingerprint density at radius 3 is 1.38 bits per heavy atom. The maximum Gasteiger partial charge on any atom is 0.421 e. The van der Waals surface area contributed by atoms with Crippen molar-refractivity contribution in [3.63, 3.8) is 0 Å². The molecule has 0 aromatic carbocycles. The lowest BCUT2D eigenvalue weighted by Gasteiger charge is -2.18. The Hall–Kier alpha value is -1.01. The van der Waals surface area contributed by atoms with Crippen LogP contribution in [0.2, 0.25) is 0 Å². The van der Waals surface area contributed by atoms with Crippen molar-refractivity contribution < 1.29 is 31.1 Å². The van der Waals surface area contributed by atoms with Crippen molar-refractivity contribution in [3.05, 3.63) is 11.6 Å². The molecule has 0 aromatic heterocycles. The van der Waals surface area contributed by atoms with Gasteiger partial charge in [-0.05, 0) is 6.08 Å². The van der Waals surface area contributed by atoms with Gasteiger partial charge in [0, 0.05) is 5.41 Å². The van der Waals surface area contributed by atoms with E-state index in [0.717, 1.165) is 0 Å². The van der Waals surface area contributed by atoms with Crippen LogP contribution in [0.3, 0.4) is 0 Å². The van der Waals surface area contributed by atoms with Crippen molar-refractivity contribution >= 4 is 5.78 Å². The van der Waals surface area contributed by atoms with Crippen molar-refractivity contribution in [2.75, 3.05) is 0 Å². The van der Waals surface area contributed by atoms with Gasteiger partial charge in [-0.1, -0.05) is 20.8 Å². The van der Waals surface area contributed by atoms with E-state index in [2.05, 4.69) is 0 Å². The van der Waals surface area contributed by atoms with Crippen LogP contribution in [0.5, 0.6) is 0 Å². The van der Waals surface area contributed by atoms with Gasteiger partial charge in [0.05, 0.1) is 0 Å². The van der Waals surface area contributed by atoms with Gasteiger partial charge in [0.15, 0.2) is 5.78 Å². The fourth-order valence-electron chi connectivity index (χ4n) is 0.672. The number of halogens is 6. The molecule has 0 aliphatic heterocycles. The molecule has 0 rings (SSSR count). The zero-order valence-corrected chi connectivity index (χ0v) is 8.75. The maximum absolute atomic E-state index is 12.0. The molecule has 94 valence electrons. The third-order valence-corrected chi connectivity index (χ3v) is 1.63. The molecule has 0 aromatic rings. The Kier molecular flexibility index (Phi) is 3.84. The standard InChI is InChI=1S/C9H10F6O/c1-7(2,3)6(16)4-5(8(10,11)12)9(13,14)15/h4H,1-3H3. The van der Waals surface area contributed by atoms with Crippen molar-refractivity contribution in [2.24, 2.45) is 5.41 Å². The number of alkyl halides is 6. The highest BCUT2D eigenvalue weighted by molar-refractivity contribution is 5.94. The second-order valence-corrected chi connectivity index (χ2v) is 4.17. The van der Waals surface area contributed by atoms with Gasteiger partial charge in [0.1, 0.15) is 5.57 Å². The molecular weight excluding hydrogens is 238 g/mol. The molecule has 0 aliphatic rings. The SMILES string of the molecule is CC(C)(C)C(=O)C=C(C(F)(F)F)C(F)(F)F. The number of carbonyl (C=O) groups excluding carboxylic acids is 1. The molecule has 0 N–H and O–H groups in total. The molecule has 0 bridgehead atoms. The van der Waals surface area contributed by atoms with E-state index in [-0.39, 0.29) is 6.08 Å². The summed E-state index contributed by atoms with van der Waals surface area (Å²) < 4.78 is 72.1. The highest BCUT2D eigenvalue weighted by Gasteiger charge is 2.51. The van der Waals surface area contributed by atoms with Crippen LogP contribution in [0.25, 0.3) is 0 Å². The monoisotopic (exact) mass is 248 g/mol. The minimum absolute atomic E-state index is 0.389. The van der Waals surface area contributed by atoms with Crippen LogP contribution in [0, 0.1) is 5.41 Å². The molecule has 0 amide bonds. The topological polar surface area (TPSA) is 17.1 Å². The van der Waals surface area contributed by atoms with E-state index >= 15 is 0 Å². The quantitative estimate of drug-likeness (QED) is 0.511. The molecule has 0 saturated heterocycles. The molecule has 0 fully saturated rings. The zero-order valence-electron chi connectivity index (χ0n) is 8.75. The predicted octanol–water partition coefficient (Wildman–Crippen LogP) is 3.65. The lowest BCUT2D eigenvalue weighted by Crippen LogP contribution is -2.29. The summed E-state index contributed by atoms with van der Waals surface area (Å²) in [6, 6.07) is 0. The predicted molar refractivity (Wildman–Crippen MR) is 44.7 cm³/mol. The molecular formula is C9H10F6O. The van der Waals surface area contributed by atoms with Crippen LogP contribution >= 0.6 is 0 Å². The highest BCUT2D eigenvalue weighted by Crippen LogP contribution is 2.39. The fourth-order valence-corrected chi connectivity index (χ4v) is 0.672. The Balaban J connectivity index is 5.41. The molecule has 0 spiro atoms. The van der Waals surface area contributed by atoms with E-state index in [1.165, 1.54) is 20.8 Å². The summed E-state index contributed by atoms with van der Waals surface area (Å²) >= 11 is 0. The van der Waals surface area contributed by atoms with Crippen molar-refractivity contribution in [1.82, 2.24) is 0 Å². The van der Waals surface area contributed by atoms with Crippen LogP contribution in [-0.4, -0.2) is 18.1 Å². The lowest BCUT2D eigenvalue weighted by atomic mass is 9.89. The maximum atomic E-state index is 12.0. The summed E-state index contributed by atoms with van der Waals surface area (Å²) in [7, 11) is 0. The third-order valence-electron chi connectivity index (χ3n) is 1.63. The summed E-state index contributed by atoms with van der Waals surface area (Å²) in [5, 5.41) is 0. The molecule has 16 heavy (non-hydrogen) atoms. The van der Waals surface area contributed by atoms with Gasteiger partial charge in [0.2, 0.25) is 0 Å². The largest absolute Gasteiger partial charge is 0.421 e. The Morgan fingerprint density at radius 2 is 1.19 bits per heavy atom. The Morgan fingerprint density at radius 1 is 0.875 bits per heavy atom. The average molecular weight is 248 g/mol. The number of hydrogen-bond donors (Lipinski definition) is 0. The number of rotatable bonds is 1. The van der Waals surface area contributed by atoms with Gasteiger partial charge >= 0.3 is 12.4 Å². The van der Waals surface area contributed by atoms with E-state index in [1.54, 1.807) is 0 Å². The first kappa shape index (κ1) is 15.0. The normalized spacial score (nSPS) is 13.6. The number of ketones is 1. The van der Waals surface area contributed by atoms with Crippen LogP contribution in [-0.2, 0) is 4.79 Å². The molecule has 0 heterocycles. The van der Waals surface area contributed by atoms with Crippen LogP contribution < -0.4 is 0 Å². The van der Waals surface area contributed by atoms with E-state index in [0.29, 0.717) is 0 Å². The van der Waals surface area contributed by atoms with Gasteiger partial charge in [0.25, 0.3) is 0 Å². The second-order valence-electron chi connectivity index (χ2n) is 4.17. The molecule has 0 unspecified atom stereocenters. The van der Waals surface area contributed by atoms with Crippen LogP contribution in [0.1, 0.15) is 20.8 Å². The number of hydrogen-bond acceptors (Lipinski definition) is 1. The second kappa shape index (κ2) is 4.10. The lowest BCUT2D eigenvalue weighted by molar-refractivity contribution is -0.173. The molecule has 0 atom stereocenters. The van der Waals surface area contributed by atoms with E-state index in [9.17, 15) is 31.1 Å². The highest BCUT2D eigenvalue weighted by atomic mass is 19.4. The van der Waals surface area contributed by atoms with Crippen molar-refractivity contribution in [2.45, 2.75) is 33.1 Å².